The minimum atomic E-state index is -0.122. The van der Waals surface area contributed by atoms with E-state index in [9.17, 15) is 9.90 Å². The number of aliphatic imine (C=N–C) groups is 1. The fourth-order valence-electron chi connectivity index (χ4n) is 1.41. The summed E-state index contributed by atoms with van der Waals surface area (Å²) in [5.41, 5.74) is 0.780. The van der Waals surface area contributed by atoms with Crippen molar-refractivity contribution in [3.05, 3.63) is 23.2 Å². The predicted molar refractivity (Wildman–Crippen MR) is 63.1 cm³/mol. The first-order valence-electron chi connectivity index (χ1n) is 4.55. The van der Waals surface area contributed by atoms with E-state index in [4.69, 9.17) is 0 Å². The van der Waals surface area contributed by atoms with Gasteiger partial charge in [0.1, 0.15) is 10.1 Å². The molecule has 6 heteroatoms. The number of carbonyl (C=O) groups excluding carboxylic acids is 1. The number of amides is 1. The Labute approximate surface area is 99.0 Å². The van der Waals surface area contributed by atoms with Crippen LogP contribution in [0.4, 0.5) is 0 Å². The van der Waals surface area contributed by atoms with Crippen molar-refractivity contribution >= 4 is 44.3 Å². The van der Waals surface area contributed by atoms with Crippen LogP contribution in [0.3, 0.4) is 0 Å². The average Bonchev–Trinajstić information content (AvgIpc) is 2.83. The third-order valence-corrected chi connectivity index (χ3v) is 4.20. The summed E-state index contributed by atoms with van der Waals surface area (Å²) in [6.07, 6.45) is 0. The number of thioether (sulfide) groups is 1. The molecular weight excluding hydrogens is 244 g/mol. The lowest BCUT2D eigenvalue weighted by Gasteiger charge is -2.00. The number of benzene rings is 1. The average molecular weight is 249 g/mol. The van der Waals surface area contributed by atoms with Crippen LogP contribution in [0.15, 0.2) is 23.2 Å². The standard InChI is InChI=1S/C10H6N2O2S2/c13-5-1-2-6-7(3-5)16-10(11-6)9-12-8(14)4-15-9/h1-3,13H,4H2/p-1. The van der Waals surface area contributed by atoms with Gasteiger partial charge in [-0.25, -0.2) is 9.98 Å². The van der Waals surface area contributed by atoms with Crippen molar-refractivity contribution < 1.29 is 9.90 Å². The number of carbonyl (C=O) groups is 1. The van der Waals surface area contributed by atoms with Crippen LogP contribution in [0.5, 0.6) is 5.75 Å². The topological polar surface area (TPSA) is 65.4 Å². The van der Waals surface area contributed by atoms with E-state index in [-0.39, 0.29) is 11.7 Å². The Morgan fingerprint density at radius 2 is 2.25 bits per heavy atom. The van der Waals surface area contributed by atoms with Crippen molar-refractivity contribution in [2.24, 2.45) is 4.99 Å². The largest absolute Gasteiger partial charge is 0.872 e. The molecular formula is C10H5N2O2S2-. The van der Waals surface area contributed by atoms with Gasteiger partial charge in [0.25, 0.3) is 5.91 Å². The molecule has 0 unspecified atom stereocenters. The number of aromatic nitrogens is 1. The number of hydrogen-bond acceptors (Lipinski definition) is 5. The monoisotopic (exact) mass is 249 g/mol. The molecule has 1 aliphatic heterocycles. The molecule has 0 fully saturated rings. The van der Waals surface area contributed by atoms with E-state index >= 15 is 0 Å². The molecule has 1 amide bonds. The van der Waals surface area contributed by atoms with E-state index < -0.39 is 0 Å². The van der Waals surface area contributed by atoms with Gasteiger partial charge >= 0.3 is 0 Å². The number of fused-ring (bicyclic) bond motifs is 1. The molecule has 0 atom stereocenters. The van der Waals surface area contributed by atoms with Gasteiger partial charge in [-0.05, 0) is 6.07 Å². The SMILES string of the molecule is O=C1CSC(c2nc3ccc([O-])cc3s2)=N1. The van der Waals surface area contributed by atoms with Gasteiger partial charge in [-0.2, -0.15) is 0 Å². The van der Waals surface area contributed by atoms with Crippen molar-refractivity contribution in [1.29, 1.82) is 0 Å². The first-order chi connectivity index (χ1) is 7.72. The molecule has 3 rings (SSSR count). The Hall–Kier alpha value is -1.40. The Morgan fingerprint density at radius 3 is 3.00 bits per heavy atom. The van der Waals surface area contributed by atoms with Crippen molar-refractivity contribution in [3.63, 3.8) is 0 Å². The van der Waals surface area contributed by atoms with Gasteiger partial charge in [-0.1, -0.05) is 23.9 Å². The highest BCUT2D eigenvalue weighted by Crippen LogP contribution is 2.29. The zero-order valence-corrected chi connectivity index (χ0v) is 9.60. The Kier molecular flexibility index (Phi) is 2.19. The van der Waals surface area contributed by atoms with Crippen LogP contribution in [-0.2, 0) is 4.79 Å². The third kappa shape index (κ3) is 1.60. The molecule has 4 nitrogen and oxygen atoms in total. The lowest BCUT2D eigenvalue weighted by atomic mass is 10.3. The smallest absolute Gasteiger partial charge is 0.257 e. The van der Waals surface area contributed by atoms with Crippen molar-refractivity contribution in [1.82, 2.24) is 4.98 Å². The van der Waals surface area contributed by atoms with Gasteiger partial charge in [-0.3, -0.25) is 4.79 Å². The Bertz CT molecular complexity index is 618. The van der Waals surface area contributed by atoms with Crippen LogP contribution in [0.2, 0.25) is 0 Å². The first kappa shape index (κ1) is 9.80. The molecule has 0 aliphatic carbocycles. The molecule has 1 aromatic heterocycles. The van der Waals surface area contributed by atoms with Crippen LogP contribution in [0.1, 0.15) is 5.01 Å². The molecule has 0 bridgehead atoms. The maximum atomic E-state index is 11.2. The van der Waals surface area contributed by atoms with Crippen LogP contribution < -0.4 is 5.11 Å². The van der Waals surface area contributed by atoms with Gasteiger partial charge in [0.15, 0.2) is 0 Å². The molecule has 0 radical (unpaired) electrons. The number of rotatable bonds is 1. The second-order valence-corrected chi connectivity index (χ2v) is 5.24. The summed E-state index contributed by atoms with van der Waals surface area (Å²) >= 11 is 2.79. The molecule has 0 N–H and O–H groups in total. The second kappa shape index (κ2) is 3.57. The second-order valence-electron chi connectivity index (χ2n) is 3.25. The summed E-state index contributed by atoms with van der Waals surface area (Å²) in [5.74, 6) is 0.237. The molecule has 16 heavy (non-hydrogen) atoms. The molecule has 0 spiro atoms. The molecule has 2 aromatic rings. The number of thiazole rings is 1. The fraction of sp³-hybridized carbons (Fsp3) is 0.100. The molecule has 1 aromatic carbocycles. The highest BCUT2D eigenvalue weighted by atomic mass is 32.2. The van der Waals surface area contributed by atoms with Gasteiger partial charge < -0.3 is 5.11 Å². The van der Waals surface area contributed by atoms with Gasteiger partial charge in [0, 0.05) is 0 Å². The summed E-state index contributed by atoms with van der Waals surface area (Å²) in [6.45, 7) is 0. The van der Waals surface area contributed by atoms with E-state index in [0.29, 0.717) is 10.8 Å². The minimum absolute atomic E-state index is 0.0280. The van der Waals surface area contributed by atoms with E-state index in [2.05, 4.69) is 9.98 Å². The van der Waals surface area contributed by atoms with E-state index in [1.165, 1.54) is 29.2 Å². The van der Waals surface area contributed by atoms with Crippen LogP contribution >= 0.6 is 23.1 Å². The van der Waals surface area contributed by atoms with Crippen LogP contribution in [-0.4, -0.2) is 21.7 Å². The lowest BCUT2D eigenvalue weighted by molar-refractivity contribution is -0.268. The van der Waals surface area contributed by atoms with E-state index in [1.807, 2.05) is 0 Å². The molecule has 0 saturated carbocycles. The fourth-order valence-corrected chi connectivity index (χ4v) is 3.25. The molecule has 1 aliphatic rings. The van der Waals surface area contributed by atoms with Gasteiger partial charge in [0.05, 0.1) is 16.0 Å². The lowest BCUT2D eigenvalue weighted by Crippen LogP contribution is -1.89. The Morgan fingerprint density at radius 1 is 1.38 bits per heavy atom. The van der Waals surface area contributed by atoms with Gasteiger partial charge in [0.2, 0.25) is 0 Å². The number of nitrogens with zero attached hydrogens (tertiary/aromatic N) is 2. The first-order valence-corrected chi connectivity index (χ1v) is 6.35. The normalized spacial score (nSPS) is 15.8. The summed E-state index contributed by atoms with van der Waals surface area (Å²) < 4.78 is 0.838. The summed E-state index contributed by atoms with van der Waals surface area (Å²) in [7, 11) is 0. The summed E-state index contributed by atoms with van der Waals surface area (Å²) in [5, 5.41) is 12.5. The predicted octanol–water partition coefficient (Wildman–Crippen LogP) is 1.39. The third-order valence-electron chi connectivity index (χ3n) is 2.10. The zero-order chi connectivity index (χ0) is 11.1. The summed E-state index contributed by atoms with van der Waals surface area (Å²) in [4.78, 5) is 19.2. The number of hydrogen-bond donors (Lipinski definition) is 0. The minimum Gasteiger partial charge on any atom is -0.872 e. The quantitative estimate of drug-likeness (QED) is 0.766. The van der Waals surface area contributed by atoms with Gasteiger partial charge in [-0.15, -0.1) is 17.1 Å². The Balaban J connectivity index is 2.12. The molecule has 2 heterocycles. The highest BCUT2D eigenvalue weighted by molar-refractivity contribution is 8.15. The highest BCUT2D eigenvalue weighted by Gasteiger charge is 2.19. The van der Waals surface area contributed by atoms with Crippen molar-refractivity contribution in [2.45, 2.75) is 0 Å². The zero-order valence-electron chi connectivity index (χ0n) is 7.97. The molecule has 0 saturated heterocycles. The maximum Gasteiger partial charge on any atom is 0.257 e. The molecule has 80 valence electrons. The van der Waals surface area contributed by atoms with Crippen molar-refractivity contribution in [3.8, 4) is 5.75 Å². The maximum absolute atomic E-state index is 11.2. The van der Waals surface area contributed by atoms with E-state index in [0.717, 1.165) is 15.2 Å². The van der Waals surface area contributed by atoms with Crippen LogP contribution in [0, 0.1) is 0 Å². The van der Waals surface area contributed by atoms with Crippen molar-refractivity contribution in [2.75, 3.05) is 5.75 Å². The summed E-state index contributed by atoms with van der Waals surface area (Å²) in [6, 6.07) is 4.73. The van der Waals surface area contributed by atoms with Crippen LogP contribution in [0.25, 0.3) is 10.2 Å². The van der Waals surface area contributed by atoms with E-state index in [1.54, 1.807) is 12.1 Å².